The summed E-state index contributed by atoms with van der Waals surface area (Å²) in [6.07, 6.45) is 0. The highest BCUT2D eigenvalue weighted by molar-refractivity contribution is 9.10. The zero-order valence-corrected chi connectivity index (χ0v) is 15.7. The summed E-state index contributed by atoms with van der Waals surface area (Å²) in [6.45, 7) is 2.95. The van der Waals surface area contributed by atoms with E-state index < -0.39 is 0 Å². The number of nitrogens with zero attached hydrogens (tertiary/aromatic N) is 1. The first kappa shape index (κ1) is 18.0. The number of ether oxygens (including phenoxy) is 1. The number of ketones is 1. The maximum atomic E-state index is 12.4. The maximum absolute atomic E-state index is 12.4. The molecule has 122 valence electrons. The Morgan fingerprint density at radius 3 is 2.65 bits per heavy atom. The van der Waals surface area contributed by atoms with Gasteiger partial charge < -0.3 is 4.74 Å². The van der Waals surface area contributed by atoms with Crippen molar-refractivity contribution in [3.05, 3.63) is 62.6 Å². The summed E-state index contributed by atoms with van der Waals surface area (Å²) in [5, 5.41) is 0.686. The number of halogens is 2. The van der Waals surface area contributed by atoms with Crippen LogP contribution in [0, 0.1) is 6.92 Å². The second-order valence-corrected chi connectivity index (χ2v) is 6.81. The number of hydrogen-bond acceptors (Lipinski definition) is 3. The van der Waals surface area contributed by atoms with E-state index in [2.05, 4.69) is 15.9 Å². The standard InChI is InChI=1S/C18H19BrClNO2/c1-12-4-5-13(8-18(12)23-3)17(22)11-21(2)10-14-6-7-15(20)9-16(14)19/h4-9H,10-11H2,1-3H3. The average Bonchev–Trinajstić information content (AvgIpc) is 2.50. The first-order valence-electron chi connectivity index (χ1n) is 7.21. The summed E-state index contributed by atoms with van der Waals surface area (Å²) >= 11 is 9.45. The fourth-order valence-corrected chi connectivity index (χ4v) is 3.13. The Bertz CT molecular complexity index is 718. The van der Waals surface area contributed by atoms with Gasteiger partial charge in [-0.3, -0.25) is 9.69 Å². The average molecular weight is 397 g/mol. The topological polar surface area (TPSA) is 29.5 Å². The van der Waals surface area contributed by atoms with E-state index in [1.54, 1.807) is 13.2 Å². The normalized spacial score (nSPS) is 10.9. The van der Waals surface area contributed by atoms with Crippen LogP contribution in [0.15, 0.2) is 40.9 Å². The third kappa shape index (κ3) is 4.80. The summed E-state index contributed by atoms with van der Waals surface area (Å²) in [4.78, 5) is 14.4. The molecule has 2 rings (SSSR count). The van der Waals surface area contributed by atoms with Gasteiger partial charge in [0, 0.05) is 21.6 Å². The molecule has 2 aromatic carbocycles. The van der Waals surface area contributed by atoms with Crippen molar-refractivity contribution in [3.8, 4) is 5.75 Å². The Morgan fingerprint density at radius 2 is 2.00 bits per heavy atom. The lowest BCUT2D eigenvalue weighted by molar-refractivity contribution is 0.0942. The van der Waals surface area contributed by atoms with Crippen molar-refractivity contribution < 1.29 is 9.53 Å². The van der Waals surface area contributed by atoms with Crippen LogP contribution in [0.25, 0.3) is 0 Å². The van der Waals surface area contributed by atoms with Crippen LogP contribution in [0.1, 0.15) is 21.5 Å². The van der Waals surface area contributed by atoms with E-state index in [0.29, 0.717) is 23.7 Å². The molecule has 2 aromatic rings. The van der Waals surface area contributed by atoms with Crippen molar-refractivity contribution >= 4 is 33.3 Å². The fraction of sp³-hybridized carbons (Fsp3) is 0.278. The Balaban J connectivity index is 2.04. The molecule has 0 N–H and O–H groups in total. The van der Waals surface area contributed by atoms with Crippen LogP contribution < -0.4 is 4.74 Å². The van der Waals surface area contributed by atoms with Gasteiger partial charge in [-0.2, -0.15) is 0 Å². The van der Waals surface area contributed by atoms with E-state index in [1.807, 2.05) is 49.2 Å². The Hall–Kier alpha value is -1.36. The number of aryl methyl sites for hydroxylation is 1. The van der Waals surface area contributed by atoms with Gasteiger partial charge in [0.05, 0.1) is 13.7 Å². The number of carbonyl (C=O) groups is 1. The smallest absolute Gasteiger partial charge is 0.176 e. The molecule has 0 aliphatic heterocycles. The predicted octanol–water partition coefficient (Wildman–Crippen LogP) is 4.73. The fourth-order valence-electron chi connectivity index (χ4n) is 2.33. The summed E-state index contributed by atoms with van der Waals surface area (Å²) in [5.74, 6) is 0.801. The van der Waals surface area contributed by atoms with Crippen LogP contribution in [-0.4, -0.2) is 31.4 Å². The first-order chi connectivity index (χ1) is 10.9. The lowest BCUT2D eigenvalue weighted by atomic mass is 10.1. The van der Waals surface area contributed by atoms with Gasteiger partial charge in [-0.25, -0.2) is 0 Å². The second kappa shape index (κ2) is 7.95. The molecule has 0 heterocycles. The molecule has 0 aromatic heterocycles. The zero-order valence-electron chi connectivity index (χ0n) is 13.4. The quantitative estimate of drug-likeness (QED) is 0.661. The molecular formula is C18H19BrClNO2. The van der Waals surface area contributed by atoms with Crippen LogP contribution in [-0.2, 0) is 6.54 Å². The van der Waals surface area contributed by atoms with Gasteiger partial charge in [0.25, 0.3) is 0 Å². The van der Waals surface area contributed by atoms with Crippen LogP contribution in [0.4, 0.5) is 0 Å². The van der Waals surface area contributed by atoms with Gasteiger partial charge in [-0.05, 0) is 43.3 Å². The summed E-state index contributed by atoms with van der Waals surface area (Å²) in [7, 11) is 3.53. The van der Waals surface area contributed by atoms with E-state index >= 15 is 0 Å². The molecule has 3 nitrogen and oxygen atoms in total. The molecular weight excluding hydrogens is 378 g/mol. The van der Waals surface area contributed by atoms with Crippen LogP contribution in [0.3, 0.4) is 0 Å². The van der Waals surface area contributed by atoms with Crippen molar-refractivity contribution in [1.82, 2.24) is 4.90 Å². The van der Waals surface area contributed by atoms with Crippen molar-refractivity contribution in [3.63, 3.8) is 0 Å². The van der Waals surface area contributed by atoms with Gasteiger partial charge in [0.15, 0.2) is 5.78 Å². The van der Waals surface area contributed by atoms with Gasteiger partial charge >= 0.3 is 0 Å². The minimum atomic E-state index is 0.0656. The lowest BCUT2D eigenvalue weighted by Gasteiger charge is -2.17. The molecule has 0 unspecified atom stereocenters. The minimum absolute atomic E-state index is 0.0656. The minimum Gasteiger partial charge on any atom is -0.496 e. The molecule has 0 bridgehead atoms. The number of methoxy groups -OCH3 is 1. The molecule has 0 aliphatic carbocycles. The van der Waals surface area contributed by atoms with Crippen LogP contribution in [0.5, 0.6) is 5.75 Å². The Labute approximate surface area is 150 Å². The molecule has 0 fully saturated rings. The highest BCUT2D eigenvalue weighted by Crippen LogP contribution is 2.23. The Morgan fingerprint density at radius 1 is 1.26 bits per heavy atom. The molecule has 5 heteroatoms. The zero-order chi connectivity index (χ0) is 17.0. The number of likely N-dealkylation sites (N-methyl/N-ethyl adjacent to an activating group) is 1. The highest BCUT2D eigenvalue weighted by atomic mass is 79.9. The largest absolute Gasteiger partial charge is 0.496 e. The summed E-state index contributed by atoms with van der Waals surface area (Å²) < 4.78 is 6.22. The summed E-state index contributed by atoms with van der Waals surface area (Å²) in [6, 6.07) is 11.2. The third-order valence-electron chi connectivity index (χ3n) is 3.60. The van der Waals surface area contributed by atoms with Crippen LogP contribution >= 0.6 is 27.5 Å². The SMILES string of the molecule is COc1cc(C(=O)CN(C)Cc2ccc(Cl)cc2Br)ccc1C. The third-order valence-corrected chi connectivity index (χ3v) is 4.57. The van der Waals surface area contributed by atoms with Crippen molar-refractivity contribution in [2.75, 3.05) is 20.7 Å². The molecule has 23 heavy (non-hydrogen) atoms. The van der Waals surface area contributed by atoms with E-state index in [-0.39, 0.29) is 5.78 Å². The summed E-state index contributed by atoms with van der Waals surface area (Å²) in [5.41, 5.74) is 2.77. The molecule has 0 aliphatic rings. The second-order valence-electron chi connectivity index (χ2n) is 5.52. The molecule has 0 spiro atoms. The maximum Gasteiger partial charge on any atom is 0.176 e. The first-order valence-corrected chi connectivity index (χ1v) is 8.38. The van der Waals surface area contributed by atoms with Gasteiger partial charge in [0.2, 0.25) is 0 Å². The van der Waals surface area contributed by atoms with Gasteiger partial charge in [-0.1, -0.05) is 45.7 Å². The van der Waals surface area contributed by atoms with Crippen LogP contribution in [0.2, 0.25) is 5.02 Å². The number of rotatable bonds is 6. The molecule has 0 saturated heterocycles. The lowest BCUT2D eigenvalue weighted by Crippen LogP contribution is -2.25. The van der Waals surface area contributed by atoms with Crippen molar-refractivity contribution in [1.29, 1.82) is 0 Å². The number of carbonyl (C=O) groups excluding carboxylic acids is 1. The van der Waals surface area contributed by atoms with E-state index in [0.717, 1.165) is 21.3 Å². The molecule has 0 radical (unpaired) electrons. The van der Waals surface area contributed by atoms with E-state index in [1.165, 1.54) is 0 Å². The Kier molecular flexibility index (Phi) is 6.22. The van der Waals surface area contributed by atoms with E-state index in [9.17, 15) is 4.79 Å². The number of Topliss-reactive ketones (excluding diaryl/α,β-unsaturated/α-hetero) is 1. The van der Waals surface area contributed by atoms with Crippen molar-refractivity contribution in [2.45, 2.75) is 13.5 Å². The molecule has 0 atom stereocenters. The number of hydrogen-bond donors (Lipinski definition) is 0. The monoisotopic (exact) mass is 395 g/mol. The number of benzene rings is 2. The van der Waals surface area contributed by atoms with Crippen molar-refractivity contribution in [2.24, 2.45) is 0 Å². The van der Waals surface area contributed by atoms with E-state index in [4.69, 9.17) is 16.3 Å². The molecule has 0 amide bonds. The van der Waals surface area contributed by atoms with Gasteiger partial charge in [-0.15, -0.1) is 0 Å². The molecule has 0 saturated carbocycles. The predicted molar refractivity (Wildman–Crippen MR) is 97.5 cm³/mol. The van der Waals surface area contributed by atoms with Gasteiger partial charge in [0.1, 0.15) is 5.75 Å². The highest BCUT2D eigenvalue weighted by Gasteiger charge is 2.13.